The molecule has 0 fully saturated rings. The molecule has 10 heteroatoms. The molecule has 0 aliphatic carbocycles. The van der Waals surface area contributed by atoms with Crippen molar-refractivity contribution in [2.45, 2.75) is 13.5 Å². The molecule has 0 bridgehead atoms. The van der Waals surface area contributed by atoms with Gasteiger partial charge in [0.15, 0.2) is 0 Å². The molecular weight excluding hydrogens is 492 g/mol. The number of amides is 2. The summed E-state index contributed by atoms with van der Waals surface area (Å²) in [5, 5.41) is 17.4. The molecule has 0 saturated heterocycles. The van der Waals surface area contributed by atoms with Gasteiger partial charge in [-0.1, -0.05) is 15.9 Å². The summed E-state index contributed by atoms with van der Waals surface area (Å²) in [6.07, 6.45) is 1.46. The highest BCUT2D eigenvalue weighted by molar-refractivity contribution is 9.10. The number of rotatable bonds is 8. The van der Waals surface area contributed by atoms with E-state index in [4.69, 9.17) is 4.74 Å². The fraction of sp³-hybridized carbons (Fsp3) is 0.0870. The zero-order valence-corrected chi connectivity index (χ0v) is 19.0. The summed E-state index contributed by atoms with van der Waals surface area (Å²) in [7, 11) is 0. The van der Waals surface area contributed by atoms with Gasteiger partial charge >= 0.3 is 0 Å². The molecule has 33 heavy (non-hydrogen) atoms. The first kappa shape index (κ1) is 23.6. The van der Waals surface area contributed by atoms with E-state index >= 15 is 0 Å². The molecular formula is C23H19BrN4O5. The highest BCUT2D eigenvalue weighted by Crippen LogP contribution is 2.23. The first-order valence-electron chi connectivity index (χ1n) is 9.68. The Bertz CT molecular complexity index is 1190. The minimum atomic E-state index is -0.459. The molecule has 2 amide bonds. The van der Waals surface area contributed by atoms with Crippen LogP contribution in [0.25, 0.3) is 0 Å². The molecule has 0 unspecified atom stereocenters. The van der Waals surface area contributed by atoms with Crippen LogP contribution < -0.4 is 15.5 Å². The number of benzene rings is 3. The molecule has 9 nitrogen and oxygen atoms in total. The number of hydrazone groups is 1. The third-order valence-electron chi connectivity index (χ3n) is 4.35. The van der Waals surface area contributed by atoms with Gasteiger partial charge in [-0.05, 0) is 60.2 Å². The fourth-order valence-electron chi connectivity index (χ4n) is 2.76. The first-order valence-corrected chi connectivity index (χ1v) is 10.5. The highest BCUT2D eigenvalue weighted by Gasteiger charge is 2.08. The predicted molar refractivity (Wildman–Crippen MR) is 127 cm³/mol. The summed E-state index contributed by atoms with van der Waals surface area (Å²) in [6, 6.07) is 17.8. The van der Waals surface area contributed by atoms with Crippen LogP contribution in [-0.4, -0.2) is 23.0 Å². The van der Waals surface area contributed by atoms with Crippen LogP contribution in [0.1, 0.15) is 28.4 Å². The van der Waals surface area contributed by atoms with E-state index in [1.807, 2.05) is 0 Å². The second-order valence-corrected chi connectivity index (χ2v) is 7.77. The quantitative estimate of drug-likeness (QED) is 0.259. The van der Waals surface area contributed by atoms with Crippen LogP contribution in [-0.2, 0) is 11.4 Å². The summed E-state index contributed by atoms with van der Waals surface area (Å²) in [5.41, 5.74) is 4.82. The Morgan fingerprint density at radius 3 is 2.42 bits per heavy atom. The van der Waals surface area contributed by atoms with Crippen molar-refractivity contribution < 1.29 is 19.2 Å². The number of halogens is 1. The number of nitrogens with one attached hydrogen (secondary N) is 2. The second-order valence-electron chi connectivity index (χ2n) is 6.85. The maximum absolute atomic E-state index is 12.3. The summed E-state index contributed by atoms with van der Waals surface area (Å²) in [6.45, 7) is 1.61. The Morgan fingerprint density at radius 2 is 1.79 bits per heavy atom. The molecule has 0 aliphatic rings. The minimum Gasteiger partial charge on any atom is -0.488 e. The summed E-state index contributed by atoms with van der Waals surface area (Å²) < 4.78 is 6.63. The summed E-state index contributed by atoms with van der Waals surface area (Å²) >= 11 is 3.40. The van der Waals surface area contributed by atoms with Crippen molar-refractivity contribution in [3.8, 4) is 5.75 Å². The van der Waals surface area contributed by atoms with Crippen molar-refractivity contribution in [3.63, 3.8) is 0 Å². The van der Waals surface area contributed by atoms with Crippen molar-refractivity contribution in [1.29, 1.82) is 0 Å². The zero-order chi connectivity index (χ0) is 23.8. The van der Waals surface area contributed by atoms with Gasteiger partial charge in [-0.25, -0.2) is 5.43 Å². The first-order chi connectivity index (χ1) is 15.8. The van der Waals surface area contributed by atoms with Gasteiger partial charge in [0.05, 0.1) is 11.1 Å². The van der Waals surface area contributed by atoms with Crippen LogP contribution in [0.15, 0.2) is 76.3 Å². The number of nitro benzene ring substituents is 1. The van der Waals surface area contributed by atoms with E-state index in [0.717, 1.165) is 10.0 Å². The lowest BCUT2D eigenvalue weighted by Gasteiger charge is -2.10. The molecule has 0 aliphatic heterocycles. The van der Waals surface area contributed by atoms with Crippen molar-refractivity contribution in [3.05, 3.63) is 98.0 Å². The molecule has 0 aromatic heterocycles. The molecule has 3 aromatic carbocycles. The maximum Gasteiger partial charge on any atom is 0.271 e. The van der Waals surface area contributed by atoms with Crippen molar-refractivity contribution in [1.82, 2.24) is 5.43 Å². The van der Waals surface area contributed by atoms with E-state index in [1.165, 1.54) is 25.3 Å². The average molecular weight is 511 g/mol. The summed E-state index contributed by atoms with van der Waals surface area (Å²) in [4.78, 5) is 33.7. The van der Waals surface area contributed by atoms with Crippen molar-refractivity contribution >= 4 is 45.3 Å². The van der Waals surface area contributed by atoms with E-state index in [2.05, 4.69) is 31.8 Å². The Morgan fingerprint density at radius 1 is 1.09 bits per heavy atom. The van der Waals surface area contributed by atoms with Crippen molar-refractivity contribution in [2.75, 3.05) is 5.32 Å². The Hall–Kier alpha value is -4.05. The molecule has 0 spiro atoms. The standard InChI is InChI=1S/C23H19BrN4O5/c1-15(29)26-20-7-4-17(5-8-20)23(30)27-25-13-18-12-19(24)6-11-22(18)33-14-16-2-9-21(10-3-16)28(31)32/h2-13H,14H2,1H3,(H,26,29)(H,27,30)/b25-13-. The Labute approximate surface area is 197 Å². The van der Waals surface area contributed by atoms with Crippen LogP contribution >= 0.6 is 15.9 Å². The van der Waals surface area contributed by atoms with Gasteiger partial charge in [0, 0.05) is 40.3 Å². The van der Waals surface area contributed by atoms with Gasteiger partial charge < -0.3 is 10.1 Å². The monoisotopic (exact) mass is 510 g/mol. The molecule has 0 saturated carbocycles. The van der Waals surface area contributed by atoms with E-state index in [0.29, 0.717) is 22.6 Å². The lowest BCUT2D eigenvalue weighted by atomic mass is 10.2. The van der Waals surface area contributed by atoms with Gasteiger partial charge in [0.25, 0.3) is 11.6 Å². The minimum absolute atomic E-state index is 0.00992. The number of nitrogens with zero attached hydrogens (tertiary/aromatic N) is 2. The topological polar surface area (TPSA) is 123 Å². The van der Waals surface area contributed by atoms with E-state index < -0.39 is 10.8 Å². The number of ether oxygens (including phenoxy) is 1. The lowest BCUT2D eigenvalue weighted by Crippen LogP contribution is -2.17. The molecule has 2 N–H and O–H groups in total. The maximum atomic E-state index is 12.3. The Balaban J connectivity index is 1.64. The van der Waals surface area contributed by atoms with E-state index in [9.17, 15) is 19.7 Å². The van der Waals surface area contributed by atoms with Gasteiger partial charge in [-0.15, -0.1) is 0 Å². The Kier molecular flexibility index (Phi) is 7.87. The number of carbonyl (C=O) groups excluding carboxylic acids is 2. The second kappa shape index (κ2) is 11.0. The third kappa shape index (κ3) is 6.97. The largest absolute Gasteiger partial charge is 0.488 e. The van der Waals surface area contributed by atoms with Gasteiger partial charge in [0.2, 0.25) is 5.91 Å². The lowest BCUT2D eigenvalue weighted by molar-refractivity contribution is -0.384. The summed E-state index contributed by atoms with van der Waals surface area (Å²) in [5.74, 6) is -0.0874. The molecule has 0 atom stereocenters. The zero-order valence-electron chi connectivity index (χ0n) is 17.4. The molecule has 168 valence electrons. The van der Waals surface area contributed by atoms with Gasteiger partial charge in [-0.2, -0.15) is 5.10 Å². The van der Waals surface area contributed by atoms with Crippen LogP contribution in [0.4, 0.5) is 11.4 Å². The smallest absolute Gasteiger partial charge is 0.271 e. The number of carbonyl (C=O) groups is 2. The molecule has 3 aromatic rings. The highest BCUT2D eigenvalue weighted by atomic mass is 79.9. The number of hydrogen-bond acceptors (Lipinski definition) is 6. The number of hydrogen-bond donors (Lipinski definition) is 2. The molecule has 0 radical (unpaired) electrons. The number of anilines is 1. The predicted octanol–water partition coefficient (Wildman–Crippen LogP) is 4.66. The van der Waals surface area contributed by atoms with Crippen LogP contribution in [0.5, 0.6) is 5.75 Å². The number of nitro groups is 1. The fourth-order valence-corrected chi connectivity index (χ4v) is 3.14. The van der Waals surface area contributed by atoms with Crippen LogP contribution in [0.3, 0.4) is 0 Å². The molecule has 3 rings (SSSR count). The number of non-ortho nitro benzene ring substituents is 1. The van der Waals surface area contributed by atoms with E-state index in [1.54, 1.807) is 54.6 Å². The van der Waals surface area contributed by atoms with Gasteiger partial charge in [-0.3, -0.25) is 19.7 Å². The van der Waals surface area contributed by atoms with Crippen molar-refractivity contribution in [2.24, 2.45) is 5.10 Å². The normalized spacial score (nSPS) is 10.6. The van der Waals surface area contributed by atoms with E-state index in [-0.39, 0.29) is 18.2 Å². The van der Waals surface area contributed by atoms with Gasteiger partial charge in [0.1, 0.15) is 12.4 Å². The van der Waals surface area contributed by atoms with Crippen LogP contribution in [0, 0.1) is 10.1 Å². The average Bonchev–Trinajstić information content (AvgIpc) is 2.79. The third-order valence-corrected chi connectivity index (χ3v) is 4.84. The van der Waals surface area contributed by atoms with Crippen LogP contribution in [0.2, 0.25) is 0 Å². The molecule has 0 heterocycles. The SMILES string of the molecule is CC(=O)Nc1ccc(C(=O)N/N=C\c2cc(Br)ccc2OCc2ccc([N+](=O)[O-])cc2)cc1.